The van der Waals surface area contributed by atoms with E-state index in [2.05, 4.69) is 15.4 Å². The van der Waals surface area contributed by atoms with Crippen LogP contribution in [0.15, 0.2) is 48.5 Å². The van der Waals surface area contributed by atoms with Crippen molar-refractivity contribution in [3.8, 4) is 5.75 Å². The third kappa shape index (κ3) is 5.53. The minimum absolute atomic E-state index is 0.0513. The van der Waals surface area contributed by atoms with E-state index in [0.717, 1.165) is 17.0 Å². The Labute approximate surface area is 147 Å². The first-order chi connectivity index (χ1) is 12.1. The first-order valence-corrected chi connectivity index (χ1v) is 7.95. The fourth-order valence-electron chi connectivity index (χ4n) is 2.29. The second-order valence-electron chi connectivity index (χ2n) is 5.33. The average molecular weight is 342 g/mol. The summed E-state index contributed by atoms with van der Waals surface area (Å²) in [6.45, 7) is 0.923. The van der Waals surface area contributed by atoms with Gasteiger partial charge in [-0.3, -0.25) is 4.79 Å². The Morgan fingerprint density at radius 3 is 2.40 bits per heavy atom. The van der Waals surface area contributed by atoms with Gasteiger partial charge in [0.1, 0.15) is 5.75 Å². The van der Waals surface area contributed by atoms with Crippen LogP contribution in [0.1, 0.15) is 22.3 Å². The van der Waals surface area contributed by atoms with Crippen molar-refractivity contribution >= 4 is 17.6 Å². The average Bonchev–Trinajstić information content (AvgIpc) is 2.66. The number of carbonyl (C=O) groups excluding carboxylic acids is 2. The maximum Gasteiger partial charge on any atom is 0.337 e. The van der Waals surface area contributed by atoms with Crippen LogP contribution in [0, 0.1) is 0 Å². The summed E-state index contributed by atoms with van der Waals surface area (Å²) in [5.41, 5.74) is 2.26. The molecule has 2 aromatic carbocycles. The van der Waals surface area contributed by atoms with Crippen molar-refractivity contribution in [2.24, 2.45) is 0 Å². The lowest BCUT2D eigenvalue weighted by molar-refractivity contribution is -0.121. The van der Waals surface area contributed by atoms with Crippen LogP contribution in [-0.2, 0) is 16.1 Å². The molecule has 0 bridgehead atoms. The molecule has 0 aliphatic heterocycles. The second kappa shape index (κ2) is 9.32. The van der Waals surface area contributed by atoms with Crippen LogP contribution < -0.4 is 15.4 Å². The van der Waals surface area contributed by atoms with Crippen molar-refractivity contribution in [3.05, 3.63) is 59.7 Å². The Kier molecular flexibility index (Phi) is 6.83. The van der Waals surface area contributed by atoms with Gasteiger partial charge in [-0.25, -0.2) is 4.79 Å². The molecule has 2 rings (SSSR count). The summed E-state index contributed by atoms with van der Waals surface area (Å²) >= 11 is 0. The van der Waals surface area contributed by atoms with Gasteiger partial charge in [-0.05, 0) is 30.3 Å². The van der Waals surface area contributed by atoms with Gasteiger partial charge >= 0.3 is 5.97 Å². The number of para-hydroxylation sites is 1. The molecule has 6 heteroatoms. The van der Waals surface area contributed by atoms with Crippen LogP contribution >= 0.6 is 0 Å². The lowest BCUT2D eigenvalue weighted by atomic mass is 10.2. The van der Waals surface area contributed by atoms with E-state index in [1.54, 1.807) is 31.4 Å². The number of anilines is 1. The van der Waals surface area contributed by atoms with E-state index >= 15 is 0 Å². The summed E-state index contributed by atoms with van der Waals surface area (Å²) in [4.78, 5) is 23.3. The quantitative estimate of drug-likeness (QED) is 0.721. The van der Waals surface area contributed by atoms with Gasteiger partial charge in [0.05, 0.1) is 19.8 Å². The molecule has 132 valence electrons. The number of hydrogen-bond donors (Lipinski definition) is 2. The van der Waals surface area contributed by atoms with Crippen molar-refractivity contribution in [2.45, 2.75) is 13.0 Å². The van der Waals surface area contributed by atoms with E-state index in [1.165, 1.54) is 7.11 Å². The first kappa shape index (κ1) is 18.3. The fourth-order valence-corrected chi connectivity index (χ4v) is 2.29. The number of hydrogen-bond acceptors (Lipinski definition) is 5. The van der Waals surface area contributed by atoms with Crippen LogP contribution in [-0.4, -0.2) is 32.6 Å². The van der Waals surface area contributed by atoms with Gasteiger partial charge in [0.15, 0.2) is 0 Å². The maximum absolute atomic E-state index is 11.9. The molecule has 0 aliphatic carbocycles. The topological polar surface area (TPSA) is 76.7 Å². The van der Waals surface area contributed by atoms with Gasteiger partial charge in [-0.15, -0.1) is 0 Å². The lowest BCUT2D eigenvalue weighted by Gasteiger charge is -2.10. The largest absolute Gasteiger partial charge is 0.496 e. The monoisotopic (exact) mass is 342 g/mol. The van der Waals surface area contributed by atoms with Gasteiger partial charge in [-0.1, -0.05) is 18.2 Å². The van der Waals surface area contributed by atoms with Crippen LogP contribution in [0.3, 0.4) is 0 Å². The first-order valence-electron chi connectivity index (χ1n) is 7.95. The van der Waals surface area contributed by atoms with Gasteiger partial charge in [-0.2, -0.15) is 0 Å². The molecule has 6 nitrogen and oxygen atoms in total. The van der Waals surface area contributed by atoms with Gasteiger partial charge in [0.2, 0.25) is 5.91 Å². The van der Waals surface area contributed by atoms with Gasteiger partial charge < -0.3 is 20.1 Å². The van der Waals surface area contributed by atoms with Crippen molar-refractivity contribution in [3.63, 3.8) is 0 Å². The van der Waals surface area contributed by atoms with Crippen LogP contribution in [0.25, 0.3) is 0 Å². The predicted octanol–water partition coefficient (Wildman–Crippen LogP) is 2.60. The van der Waals surface area contributed by atoms with E-state index in [9.17, 15) is 9.59 Å². The molecule has 1 amide bonds. The number of methoxy groups -OCH3 is 2. The molecule has 2 aromatic rings. The third-order valence-electron chi connectivity index (χ3n) is 3.66. The molecule has 0 spiro atoms. The number of ether oxygens (including phenoxy) is 2. The van der Waals surface area contributed by atoms with E-state index in [4.69, 9.17) is 4.74 Å². The van der Waals surface area contributed by atoms with Crippen LogP contribution in [0.4, 0.5) is 5.69 Å². The molecule has 0 fully saturated rings. The summed E-state index contributed by atoms with van der Waals surface area (Å²) < 4.78 is 9.90. The SMILES string of the molecule is COC(=O)c1ccc(NCCC(=O)NCc2ccccc2OC)cc1. The Bertz CT molecular complexity index is 714. The third-order valence-corrected chi connectivity index (χ3v) is 3.66. The summed E-state index contributed by atoms with van der Waals surface area (Å²) in [5.74, 6) is 0.332. The summed E-state index contributed by atoms with van der Waals surface area (Å²) in [5, 5.41) is 6.01. The van der Waals surface area contributed by atoms with E-state index in [-0.39, 0.29) is 11.9 Å². The molecule has 0 aromatic heterocycles. The molecule has 25 heavy (non-hydrogen) atoms. The zero-order chi connectivity index (χ0) is 18.1. The number of amides is 1. The minimum Gasteiger partial charge on any atom is -0.496 e. The number of esters is 1. The van der Waals surface area contributed by atoms with Crippen molar-refractivity contribution in [1.29, 1.82) is 0 Å². The molecule has 2 N–H and O–H groups in total. The highest BCUT2D eigenvalue weighted by atomic mass is 16.5. The number of carbonyl (C=O) groups is 2. The van der Waals surface area contributed by atoms with Crippen LogP contribution in [0.5, 0.6) is 5.75 Å². The van der Waals surface area contributed by atoms with Crippen molar-refractivity contribution < 1.29 is 19.1 Å². The summed E-state index contributed by atoms with van der Waals surface area (Å²) in [6.07, 6.45) is 0.341. The standard InChI is InChI=1S/C19H22N2O4/c1-24-17-6-4-3-5-15(17)13-21-18(22)11-12-20-16-9-7-14(8-10-16)19(23)25-2/h3-10,20H,11-13H2,1-2H3,(H,21,22). The highest BCUT2D eigenvalue weighted by Gasteiger charge is 2.06. The Morgan fingerprint density at radius 2 is 1.72 bits per heavy atom. The fraction of sp³-hybridized carbons (Fsp3) is 0.263. The second-order valence-corrected chi connectivity index (χ2v) is 5.33. The molecule has 0 atom stereocenters. The Balaban J connectivity index is 1.74. The normalized spacial score (nSPS) is 10.0. The zero-order valence-corrected chi connectivity index (χ0v) is 14.4. The Morgan fingerprint density at radius 1 is 1.00 bits per heavy atom. The molecule has 0 saturated carbocycles. The van der Waals surface area contributed by atoms with Gasteiger partial charge in [0, 0.05) is 30.8 Å². The molecular weight excluding hydrogens is 320 g/mol. The Hall–Kier alpha value is -3.02. The smallest absolute Gasteiger partial charge is 0.337 e. The molecule has 0 radical (unpaired) electrons. The number of benzene rings is 2. The van der Waals surface area contributed by atoms with Crippen molar-refractivity contribution in [2.75, 3.05) is 26.1 Å². The van der Waals surface area contributed by atoms with Gasteiger partial charge in [0.25, 0.3) is 0 Å². The molecule has 0 unspecified atom stereocenters. The zero-order valence-electron chi connectivity index (χ0n) is 14.4. The predicted molar refractivity (Wildman–Crippen MR) is 95.7 cm³/mol. The van der Waals surface area contributed by atoms with E-state index in [1.807, 2.05) is 24.3 Å². The number of nitrogens with one attached hydrogen (secondary N) is 2. The molecular formula is C19H22N2O4. The minimum atomic E-state index is -0.373. The van der Waals surface area contributed by atoms with E-state index in [0.29, 0.717) is 25.1 Å². The summed E-state index contributed by atoms with van der Waals surface area (Å²) in [7, 11) is 2.95. The molecule has 0 aliphatic rings. The molecule has 0 heterocycles. The molecule has 0 saturated heterocycles. The summed E-state index contributed by atoms with van der Waals surface area (Å²) in [6, 6.07) is 14.5. The highest BCUT2D eigenvalue weighted by Crippen LogP contribution is 2.16. The lowest BCUT2D eigenvalue weighted by Crippen LogP contribution is -2.25. The van der Waals surface area contributed by atoms with E-state index < -0.39 is 0 Å². The number of rotatable bonds is 8. The highest BCUT2D eigenvalue weighted by molar-refractivity contribution is 5.89. The maximum atomic E-state index is 11.9. The van der Waals surface area contributed by atoms with Crippen LogP contribution in [0.2, 0.25) is 0 Å². The van der Waals surface area contributed by atoms with Crippen molar-refractivity contribution in [1.82, 2.24) is 5.32 Å².